The van der Waals surface area contributed by atoms with E-state index in [-0.39, 0.29) is 5.41 Å². The first kappa shape index (κ1) is 13.5. The van der Waals surface area contributed by atoms with Gasteiger partial charge in [-0.3, -0.25) is 0 Å². The largest absolute Gasteiger partial charge is 0.397 e. The van der Waals surface area contributed by atoms with Crippen LogP contribution in [0.1, 0.15) is 25.0 Å². The molecule has 0 aliphatic carbocycles. The number of nitrogens with one attached hydrogen (secondary N) is 1. The molecule has 0 aromatic heterocycles. The minimum atomic E-state index is 0.0680. The minimum Gasteiger partial charge on any atom is -0.397 e. The van der Waals surface area contributed by atoms with E-state index in [1.54, 1.807) is 0 Å². The Hall–Kier alpha value is -1.96. The van der Waals surface area contributed by atoms with E-state index in [9.17, 15) is 0 Å². The van der Waals surface area contributed by atoms with Gasteiger partial charge in [-0.1, -0.05) is 50.2 Å². The summed E-state index contributed by atoms with van der Waals surface area (Å²) in [5.41, 5.74) is 10.4. The van der Waals surface area contributed by atoms with Gasteiger partial charge >= 0.3 is 0 Å². The van der Waals surface area contributed by atoms with Crippen molar-refractivity contribution in [2.45, 2.75) is 26.2 Å². The maximum Gasteiger partial charge on any atom is 0.0574 e. The number of nitrogens with two attached hydrogens (primary N) is 1. The third kappa shape index (κ3) is 3.28. The molecule has 0 amide bonds. The van der Waals surface area contributed by atoms with Crippen molar-refractivity contribution < 1.29 is 0 Å². The Kier molecular flexibility index (Phi) is 3.79. The molecule has 0 spiro atoms. The fraction of sp³-hybridized carbons (Fsp3) is 0.294. The Balaban J connectivity index is 2.09. The molecule has 0 fully saturated rings. The first-order valence-corrected chi connectivity index (χ1v) is 6.64. The zero-order valence-electron chi connectivity index (χ0n) is 11.9. The summed E-state index contributed by atoms with van der Waals surface area (Å²) in [4.78, 5) is 0. The highest BCUT2D eigenvalue weighted by molar-refractivity contribution is 5.67. The van der Waals surface area contributed by atoms with Crippen molar-refractivity contribution in [2.75, 3.05) is 17.6 Å². The van der Waals surface area contributed by atoms with Gasteiger partial charge in [0, 0.05) is 12.0 Å². The third-order valence-corrected chi connectivity index (χ3v) is 3.48. The van der Waals surface area contributed by atoms with Gasteiger partial charge in [0.15, 0.2) is 0 Å². The molecular weight excluding hydrogens is 232 g/mol. The highest BCUT2D eigenvalue weighted by Gasteiger charge is 2.20. The molecule has 0 saturated heterocycles. The summed E-state index contributed by atoms with van der Waals surface area (Å²) in [7, 11) is 0. The second-order valence-electron chi connectivity index (χ2n) is 5.69. The number of hydrogen-bond acceptors (Lipinski definition) is 2. The fourth-order valence-corrected chi connectivity index (χ4v) is 2.15. The highest BCUT2D eigenvalue weighted by atomic mass is 14.9. The van der Waals surface area contributed by atoms with Crippen LogP contribution in [0.3, 0.4) is 0 Å². The van der Waals surface area contributed by atoms with E-state index < -0.39 is 0 Å². The maximum atomic E-state index is 6.03. The van der Waals surface area contributed by atoms with Gasteiger partial charge in [-0.25, -0.2) is 0 Å². The molecule has 0 unspecified atom stereocenters. The summed E-state index contributed by atoms with van der Waals surface area (Å²) >= 11 is 0. The van der Waals surface area contributed by atoms with Gasteiger partial charge in [0.25, 0.3) is 0 Å². The standard InChI is InChI=1S/C17H22N2/c1-13-9-10-16(15(18)11-13)19-12-17(2,3)14-7-5-4-6-8-14/h4-11,19H,12,18H2,1-3H3. The van der Waals surface area contributed by atoms with Crippen molar-refractivity contribution in [1.82, 2.24) is 0 Å². The normalized spacial score (nSPS) is 11.3. The molecule has 100 valence electrons. The topological polar surface area (TPSA) is 38.0 Å². The lowest BCUT2D eigenvalue weighted by Crippen LogP contribution is -2.27. The molecule has 0 radical (unpaired) electrons. The molecule has 2 aromatic rings. The summed E-state index contributed by atoms with van der Waals surface area (Å²) in [6.45, 7) is 7.37. The van der Waals surface area contributed by atoms with E-state index in [1.807, 2.05) is 25.1 Å². The number of nitrogen functional groups attached to an aromatic ring is 1. The zero-order valence-corrected chi connectivity index (χ0v) is 11.9. The molecule has 0 atom stereocenters. The number of benzene rings is 2. The average molecular weight is 254 g/mol. The number of hydrogen-bond donors (Lipinski definition) is 2. The summed E-state index contributed by atoms with van der Waals surface area (Å²) in [6.07, 6.45) is 0. The van der Waals surface area contributed by atoms with Gasteiger partial charge in [0.2, 0.25) is 0 Å². The quantitative estimate of drug-likeness (QED) is 0.810. The molecule has 0 bridgehead atoms. The lowest BCUT2D eigenvalue weighted by atomic mass is 9.84. The van der Waals surface area contributed by atoms with E-state index in [1.165, 1.54) is 11.1 Å². The minimum absolute atomic E-state index is 0.0680. The first-order valence-electron chi connectivity index (χ1n) is 6.64. The van der Waals surface area contributed by atoms with E-state index in [4.69, 9.17) is 5.73 Å². The van der Waals surface area contributed by atoms with Crippen LogP contribution < -0.4 is 11.1 Å². The van der Waals surface area contributed by atoms with Crippen LogP contribution in [0.25, 0.3) is 0 Å². The van der Waals surface area contributed by atoms with Crippen LogP contribution in [-0.2, 0) is 5.41 Å². The molecule has 3 N–H and O–H groups in total. The van der Waals surface area contributed by atoms with Gasteiger partial charge in [0.1, 0.15) is 0 Å². The lowest BCUT2D eigenvalue weighted by Gasteiger charge is -2.26. The van der Waals surface area contributed by atoms with Crippen molar-refractivity contribution in [3.05, 3.63) is 59.7 Å². The average Bonchev–Trinajstić information content (AvgIpc) is 2.39. The van der Waals surface area contributed by atoms with Gasteiger partial charge in [-0.2, -0.15) is 0 Å². The van der Waals surface area contributed by atoms with E-state index in [2.05, 4.69) is 49.5 Å². The van der Waals surface area contributed by atoms with Crippen LogP contribution in [-0.4, -0.2) is 6.54 Å². The molecule has 19 heavy (non-hydrogen) atoms. The molecule has 0 saturated carbocycles. The lowest BCUT2D eigenvalue weighted by molar-refractivity contribution is 0.557. The van der Waals surface area contributed by atoms with Crippen molar-refractivity contribution in [2.24, 2.45) is 0 Å². The molecule has 2 aromatic carbocycles. The van der Waals surface area contributed by atoms with Gasteiger partial charge in [-0.15, -0.1) is 0 Å². The second-order valence-corrected chi connectivity index (χ2v) is 5.69. The number of anilines is 2. The van der Waals surface area contributed by atoms with Crippen molar-refractivity contribution in [3.8, 4) is 0 Å². The van der Waals surface area contributed by atoms with Crippen molar-refractivity contribution in [3.63, 3.8) is 0 Å². The fourth-order valence-electron chi connectivity index (χ4n) is 2.15. The number of aryl methyl sites for hydroxylation is 1. The summed E-state index contributed by atoms with van der Waals surface area (Å²) in [6, 6.07) is 16.7. The van der Waals surface area contributed by atoms with E-state index in [0.717, 1.165) is 17.9 Å². The Bertz CT molecular complexity index is 544. The summed E-state index contributed by atoms with van der Waals surface area (Å²) in [5.74, 6) is 0. The summed E-state index contributed by atoms with van der Waals surface area (Å²) in [5, 5.41) is 3.45. The SMILES string of the molecule is Cc1ccc(NCC(C)(C)c2ccccc2)c(N)c1. The van der Waals surface area contributed by atoms with Gasteiger partial charge in [0.05, 0.1) is 11.4 Å². The highest BCUT2D eigenvalue weighted by Crippen LogP contribution is 2.25. The second kappa shape index (κ2) is 5.35. The Labute approximate surface area is 115 Å². The third-order valence-electron chi connectivity index (χ3n) is 3.48. The van der Waals surface area contributed by atoms with Crippen molar-refractivity contribution >= 4 is 11.4 Å². The van der Waals surface area contributed by atoms with Crippen molar-refractivity contribution in [1.29, 1.82) is 0 Å². The first-order chi connectivity index (χ1) is 8.99. The molecule has 0 heterocycles. The van der Waals surface area contributed by atoms with Crippen LogP contribution in [0.15, 0.2) is 48.5 Å². The summed E-state index contributed by atoms with van der Waals surface area (Å²) < 4.78 is 0. The molecule has 2 rings (SSSR count). The van der Waals surface area contributed by atoms with Crippen LogP contribution in [0.2, 0.25) is 0 Å². The smallest absolute Gasteiger partial charge is 0.0574 e. The van der Waals surface area contributed by atoms with Gasteiger partial charge < -0.3 is 11.1 Å². The molecule has 0 aliphatic heterocycles. The molecular formula is C17H22N2. The molecule has 0 aliphatic rings. The Morgan fingerprint density at radius 2 is 1.74 bits per heavy atom. The maximum absolute atomic E-state index is 6.03. The Morgan fingerprint density at radius 3 is 2.37 bits per heavy atom. The molecule has 2 nitrogen and oxygen atoms in total. The molecule has 2 heteroatoms. The monoisotopic (exact) mass is 254 g/mol. The van der Waals surface area contributed by atoms with E-state index >= 15 is 0 Å². The van der Waals surface area contributed by atoms with E-state index in [0.29, 0.717) is 0 Å². The van der Waals surface area contributed by atoms with Crippen LogP contribution >= 0.6 is 0 Å². The predicted molar refractivity (Wildman–Crippen MR) is 83.5 cm³/mol. The van der Waals surface area contributed by atoms with Gasteiger partial charge in [-0.05, 0) is 30.2 Å². The van der Waals surface area contributed by atoms with Crippen LogP contribution in [0, 0.1) is 6.92 Å². The van der Waals surface area contributed by atoms with Crippen LogP contribution in [0.5, 0.6) is 0 Å². The Morgan fingerprint density at radius 1 is 1.05 bits per heavy atom. The predicted octanol–water partition coefficient (Wildman–Crippen LogP) is 3.97. The zero-order chi connectivity index (χ0) is 13.9. The van der Waals surface area contributed by atoms with Crippen LogP contribution in [0.4, 0.5) is 11.4 Å². The number of rotatable bonds is 4.